The minimum absolute atomic E-state index is 0.0823. The van der Waals surface area contributed by atoms with Gasteiger partial charge >= 0.3 is 0 Å². The largest absolute Gasteiger partial charge is 0.381 e. The average Bonchev–Trinajstić information content (AvgIpc) is 1.60. The van der Waals surface area contributed by atoms with Crippen LogP contribution in [-0.4, -0.2) is 22.7 Å². The molecule has 0 atom stereocenters. The zero-order chi connectivity index (χ0) is 8.36. The minimum atomic E-state index is -1.26. The SMILES string of the molecule is CC(C)NC(=O)C(C)(C)O. The molecule has 0 aromatic carbocycles. The summed E-state index contributed by atoms with van der Waals surface area (Å²) in [6, 6.07) is 0.0823. The molecule has 0 unspecified atom stereocenters. The fourth-order valence-corrected chi connectivity index (χ4v) is 0.439. The summed E-state index contributed by atoms with van der Waals surface area (Å²) in [5.74, 6) is -0.331. The molecule has 0 spiro atoms. The second-order valence-corrected chi connectivity index (χ2v) is 3.19. The van der Waals surface area contributed by atoms with E-state index in [2.05, 4.69) is 5.32 Å². The molecular weight excluding hydrogens is 130 g/mol. The molecule has 0 fully saturated rings. The second kappa shape index (κ2) is 3.01. The lowest BCUT2D eigenvalue weighted by Crippen LogP contribution is -2.44. The molecule has 60 valence electrons. The zero-order valence-electron chi connectivity index (χ0n) is 6.93. The van der Waals surface area contributed by atoms with Crippen LogP contribution in [0.25, 0.3) is 0 Å². The van der Waals surface area contributed by atoms with Crippen molar-refractivity contribution in [1.29, 1.82) is 0 Å². The minimum Gasteiger partial charge on any atom is -0.381 e. The second-order valence-electron chi connectivity index (χ2n) is 3.19. The van der Waals surface area contributed by atoms with Gasteiger partial charge in [-0.3, -0.25) is 4.79 Å². The molecule has 0 radical (unpaired) electrons. The Bertz CT molecular complexity index is 124. The lowest BCUT2D eigenvalue weighted by Gasteiger charge is -2.18. The number of carbonyl (C=O) groups excluding carboxylic acids is 1. The van der Waals surface area contributed by atoms with Gasteiger partial charge in [-0.2, -0.15) is 0 Å². The van der Waals surface area contributed by atoms with Gasteiger partial charge in [-0.25, -0.2) is 0 Å². The Morgan fingerprint density at radius 1 is 1.50 bits per heavy atom. The summed E-state index contributed by atoms with van der Waals surface area (Å²) in [6.45, 7) is 6.63. The summed E-state index contributed by atoms with van der Waals surface area (Å²) in [6.07, 6.45) is 0. The quantitative estimate of drug-likeness (QED) is 0.586. The molecule has 3 nitrogen and oxygen atoms in total. The summed E-state index contributed by atoms with van der Waals surface area (Å²) >= 11 is 0. The van der Waals surface area contributed by atoms with E-state index >= 15 is 0 Å². The van der Waals surface area contributed by atoms with Crippen LogP contribution in [0.4, 0.5) is 0 Å². The third kappa shape index (κ3) is 3.45. The smallest absolute Gasteiger partial charge is 0.251 e. The average molecular weight is 145 g/mol. The molecule has 2 N–H and O–H groups in total. The van der Waals surface area contributed by atoms with Gasteiger partial charge in [-0.15, -0.1) is 0 Å². The van der Waals surface area contributed by atoms with E-state index in [4.69, 9.17) is 5.11 Å². The van der Waals surface area contributed by atoms with Crippen LogP contribution >= 0.6 is 0 Å². The highest BCUT2D eigenvalue weighted by molar-refractivity contribution is 5.84. The Balaban J connectivity index is 3.87. The maximum atomic E-state index is 10.9. The molecule has 3 heteroatoms. The Kier molecular flexibility index (Phi) is 2.84. The first-order valence-corrected chi connectivity index (χ1v) is 3.37. The standard InChI is InChI=1S/C7H15NO2/c1-5(2)8-6(9)7(3,4)10/h5,10H,1-4H3,(H,8,9). The Morgan fingerprint density at radius 3 is 2.00 bits per heavy atom. The molecule has 0 rings (SSSR count). The number of hydrogen-bond donors (Lipinski definition) is 2. The Morgan fingerprint density at radius 2 is 1.90 bits per heavy atom. The van der Waals surface area contributed by atoms with Gasteiger partial charge in [0, 0.05) is 6.04 Å². The molecule has 1 amide bonds. The molecule has 0 aliphatic carbocycles. The fraction of sp³-hybridized carbons (Fsp3) is 0.857. The Hall–Kier alpha value is -0.570. The van der Waals surface area contributed by atoms with Crippen molar-refractivity contribution < 1.29 is 9.90 Å². The number of rotatable bonds is 2. The van der Waals surface area contributed by atoms with Crippen LogP contribution in [0, 0.1) is 0 Å². The number of aliphatic hydroxyl groups is 1. The van der Waals surface area contributed by atoms with Gasteiger partial charge in [0.25, 0.3) is 5.91 Å². The molecule has 0 bridgehead atoms. The third-order valence-electron chi connectivity index (χ3n) is 0.975. The van der Waals surface area contributed by atoms with Gasteiger partial charge in [0.2, 0.25) is 0 Å². The third-order valence-corrected chi connectivity index (χ3v) is 0.975. The van der Waals surface area contributed by atoms with Crippen molar-refractivity contribution >= 4 is 5.91 Å². The van der Waals surface area contributed by atoms with Crippen molar-refractivity contribution in [2.75, 3.05) is 0 Å². The lowest BCUT2D eigenvalue weighted by molar-refractivity contribution is -0.136. The van der Waals surface area contributed by atoms with Crippen molar-refractivity contribution in [1.82, 2.24) is 5.32 Å². The number of carbonyl (C=O) groups is 1. The van der Waals surface area contributed by atoms with Crippen molar-refractivity contribution in [3.63, 3.8) is 0 Å². The number of nitrogens with one attached hydrogen (secondary N) is 1. The van der Waals surface area contributed by atoms with Crippen LogP contribution in [0.1, 0.15) is 27.7 Å². The zero-order valence-corrected chi connectivity index (χ0v) is 6.93. The van der Waals surface area contributed by atoms with Crippen molar-refractivity contribution in [3.05, 3.63) is 0 Å². The monoisotopic (exact) mass is 145 g/mol. The van der Waals surface area contributed by atoms with Crippen LogP contribution in [0.2, 0.25) is 0 Å². The van der Waals surface area contributed by atoms with E-state index in [1.54, 1.807) is 0 Å². The molecule has 0 saturated heterocycles. The van der Waals surface area contributed by atoms with Gasteiger partial charge in [0.15, 0.2) is 0 Å². The van der Waals surface area contributed by atoms with Crippen LogP contribution < -0.4 is 5.32 Å². The predicted octanol–water partition coefficient (Wildman–Crippen LogP) is 0.282. The van der Waals surface area contributed by atoms with E-state index < -0.39 is 5.60 Å². The molecule has 0 aliphatic heterocycles. The summed E-state index contributed by atoms with van der Waals surface area (Å²) in [5, 5.41) is 11.7. The summed E-state index contributed by atoms with van der Waals surface area (Å²) in [5.41, 5.74) is -1.26. The van der Waals surface area contributed by atoms with E-state index in [1.807, 2.05) is 13.8 Å². The summed E-state index contributed by atoms with van der Waals surface area (Å²) in [4.78, 5) is 10.9. The van der Waals surface area contributed by atoms with Crippen LogP contribution in [0.5, 0.6) is 0 Å². The Labute approximate surface area is 61.4 Å². The number of hydrogen-bond acceptors (Lipinski definition) is 2. The van der Waals surface area contributed by atoms with Crippen molar-refractivity contribution in [2.45, 2.75) is 39.3 Å². The van der Waals surface area contributed by atoms with E-state index in [0.717, 1.165) is 0 Å². The number of amides is 1. The normalized spacial score (nSPS) is 11.8. The lowest BCUT2D eigenvalue weighted by atomic mass is 10.1. The highest BCUT2D eigenvalue weighted by Crippen LogP contribution is 2.00. The first kappa shape index (κ1) is 9.43. The van der Waals surface area contributed by atoms with Crippen LogP contribution in [0.15, 0.2) is 0 Å². The maximum absolute atomic E-state index is 10.9. The maximum Gasteiger partial charge on any atom is 0.251 e. The van der Waals surface area contributed by atoms with Crippen molar-refractivity contribution in [3.8, 4) is 0 Å². The van der Waals surface area contributed by atoms with Crippen LogP contribution in [-0.2, 0) is 4.79 Å². The molecule has 0 aromatic rings. The van der Waals surface area contributed by atoms with Gasteiger partial charge in [-0.1, -0.05) is 0 Å². The van der Waals surface area contributed by atoms with Gasteiger partial charge in [-0.05, 0) is 27.7 Å². The first-order valence-electron chi connectivity index (χ1n) is 3.37. The fourth-order valence-electron chi connectivity index (χ4n) is 0.439. The summed E-state index contributed by atoms with van der Waals surface area (Å²) < 4.78 is 0. The van der Waals surface area contributed by atoms with Gasteiger partial charge in [0.1, 0.15) is 5.60 Å². The topological polar surface area (TPSA) is 49.3 Å². The summed E-state index contributed by atoms with van der Waals surface area (Å²) in [7, 11) is 0. The van der Waals surface area contributed by atoms with Crippen LogP contribution in [0.3, 0.4) is 0 Å². The van der Waals surface area contributed by atoms with Crippen molar-refractivity contribution in [2.24, 2.45) is 0 Å². The molecular formula is C7H15NO2. The van der Waals surface area contributed by atoms with E-state index in [0.29, 0.717) is 0 Å². The highest BCUT2D eigenvalue weighted by Gasteiger charge is 2.23. The van der Waals surface area contributed by atoms with E-state index in [9.17, 15) is 4.79 Å². The molecule has 0 aliphatic rings. The molecule has 0 saturated carbocycles. The molecule has 10 heavy (non-hydrogen) atoms. The molecule has 0 heterocycles. The van der Waals surface area contributed by atoms with E-state index in [1.165, 1.54) is 13.8 Å². The first-order chi connectivity index (χ1) is 4.34. The predicted molar refractivity (Wildman–Crippen MR) is 39.6 cm³/mol. The highest BCUT2D eigenvalue weighted by atomic mass is 16.3. The van der Waals surface area contributed by atoms with E-state index in [-0.39, 0.29) is 11.9 Å². The van der Waals surface area contributed by atoms with Gasteiger partial charge < -0.3 is 10.4 Å². The van der Waals surface area contributed by atoms with Gasteiger partial charge in [0.05, 0.1) is 0 Å². The molecule has 0 aromatic heterocycles.